The standard InChI is InChI=1S/C21H19FN2O2/c22-16-8-2-1-7-15(16)19-11-12-20(26-19)21(25)23-17-9-3-4-10-18(17)24-13-5-6-14-24/h1-4,7-12H,5-6,13-14H2,(H,23,25). The van der Waals surface area contributed by atoms with E-state index in [-0.39, 0.29) is 17.5 Å². The molecule has 1 N–H and O–H groups in total. The van der Waals surface area contributed by atoms with Crippen LogP contribution in [0.1, 0.15) is 23.4 Å². The Morgan fingerprint density at radius 2 is 1.69 bits per heavy atom. The minimum Gasteiger partial charge on any atom is -0.451 e. The summed E-state index contributed by atoms with van der Waals surface area (Å²) in [5, 5.41) is 2.92. The van der Waals surface area contributed by atoms with Gasteiger partial charge in [0.15, 0.2) is 5.76 Å². The number of furan rings is 1. The number of hydrogen-bond donors (Lipinski definition) is 1. The number of benzene rings is 2. The van der Waals surface area contributed by atoms with E-state index in [4.69, 9.17) is 4.42 Å². The molecule has 0 spiro atoms. The molecule has 3 aromatic rings. The average molecular weight is 350 g/mol. The molecule has 1 saturated heterocycles. The normalized spacial score (nSPS) is 13.8. The first kappa shape index (κ1) is 16.4. The second kappa shape index (κ2) is 7.04. The number of carbonyl (C=O) groups excluding carboxylic acids is 1. The Labute approximate surface area is 151 Å². The topological polar surface area (TPSA) is 45.5 Å². The van der Waals surface area contributed by atoms with Crippen LogP contribution in [0.15, 0.2) is 65.1 Å². The lowest BCUT2D eigenvalue weighted by Gasteiger charge is -2.21. The van der Waals surface area contributed by atoms with E-state index in [1.54, 1.807) is 30.3 Å². The Morgan fingerprint density at radius 3 is 2.50 bits per heavy atom. The van der Waals surface area contributed by atoms with Crippen LogP contribution in [0.4, 0.5) is 15.8 Å². The zero-order valence-corrected chi connectivity index (χ0v) is 14.2. The molecule has 0 bridgehead atoms. The number of hydrogen-bond acceptors (Lipinski definition) is 3. The number of nitrogens with one attached hydrogen (secondary N) is 1. The molecule has 0 saturated carbocycles. The zero-order chi connectivity index (χ0) is 17.9. The highest BCUT2D eigenvalue weighted by atomic mass is 19.1. The van der Waals surface area contributed by atoms with E-state index in [9.17, 15) is 9.18 Å². The van der Waals surface area contributed by atoms with Crippen molar-refractivity contribution in [2.45, 2.75) is 12.8 Å². The fourth-order valence-electron chi connectivity index (χ4n) is 3.26. The molecule has 1 aliphatic heterocycles. The van der Waals surface area contributed by atoms with E-state index < -0.39 is 0 Å². The molecule has 0 radical (unpaired) electrons. The maximum Gasteiger partial charge on any atom is 0.291 e. The van der Waals surface area contributed by atoms with Crippen molar-refractivity contribution < 1.29 is 13.6 Å². The third kappa shape index (κ3) is 3.20. The molecule has 5 heteroatoms. The monoisotopic (exact) mass is 350 g/mol. The molecule has 0 unspecified atom stereocenters. The van der Waals surface area contributed by atoms with Crippen LogP contribution in [0.25, 0.3) is 11.3 Å². The number of carbonyl (C=O) groups is 1. The summed E-state index contributed by atoms with van der Waals surface area (Å²) < 4.78 is 19.5. The van der Waals surface area contributed by atoms with Gasteiger partial charge in [0.2, 0.25) is 0 Å². The molecule has 0 atom stereocenters. The Hall–Kier alpha value is -3.08. The van der Waals surface area contributed by atoms with Crippen LogP contribution in [0.2, 0.25) is 0 Å². The highest BCUT2D eigenvalue weighted by Crippen LogP contribution is 2.30. The van der Waals surface area contributed by atoms with E-state index >= 15 is 0 Å². The van der Waals surface area contributed by atoms with Crippen molar-refractivity contribution in [3.63, 3.8) is 0 Å². The highest BCUT2D eigenvalue weighted by Gasteiger charge is 2.19. The van der Waals surface area contributed by atoms with Crippen LogP contribution >= 0.6 is 0 Å². The Bertz CT molecular complexity index is 929. The van der Waals surface area contributed by atoms with Gasteiger partial charge in [0.1, 0.15) is 11.6 Å². The predicted octanol–water partition coefficient (Wildman–Crippen LogP) is 4.94. The molecule has 1 amide bonds. The number of nitrogens with zero attached hydrogens (tertiary/aromatic N) is 1. The summed E-state index contributed by atoms with van der Waals surface area (Å²) >= 11 is 0. The maximum absolute atomic E-state index is 13.9. The lowest BCUT2D eigenvalue weighted by Crippen LogP contribution is -2.20. The number of amides is 1. The highest BCUT2D eigenvalue weighted by molar-refractivity contribution is 6.04. The van der Waals surface area contributed by atoms with Crippen molar-refractivity contribution in [1.82, 2.24) is 0 Å². The van der Waals surface area contributed by atoms with Crippen molar-refractivity contribution in [2.24, 2.45) is 0 Å². The summed E-state index contributed by atoms with van der Waals surface area (Å²) in [4.78, 5) is 14.9. The minimum absolute atomic E-state index is 0.152. The van der Waals surface area contributed by atoms with Gasteiger partial charge in [-0.3, -0.25) is 4.79 Å². The largest absolute Gasteiger partial charge is 0.451 e. The van der Waals surface area contributed by atoms with Gasteiger partial charge in [-0.05, 0) is 49.2 Å². The van der Waals surface area contributed by atoms with Crippen LogP contribution in [0.3, 0.4) is 0 Å². The Morgan fingerprint density at radius 1 is 0.962 bits per heavy atom. The summed E-state index contributed by atoms with van der Waals surface area (Å²) in [5.41, 5.74) is 2.10. The average Bonchev–Trinajstić information content (AvgIpc) is 3.35. The Kier molecular flexibility index (Phi) is 4.44. The van der Waals surface area contributed by atoms with Crippen molar-refractivity contribution in [3.05, 3.63) is 72.2 Å². The molecule has 1 aliphatic rings. The number of rotatable bonds is 4. The number of halogens is 1. The molecule has 132 valence electrons. The quantitative estimate of drug-likeness (QED) is 0.725. The van der Waals surface area contributed by atoms with E-state index in [2.05, 4.69) is 10.2 Å². The maximum atomic E-state index is 13.9. The summed E-state index contributed by atoms with van der Waals surface area (Å²) in [6, 6.07) is 17.3. The fourth-order valence-corrected chi connectivity index (χ4v) is 3.26. The third-order valence-corrected chi connectivity index (χ3v) is 4.57. The smallest absolute Gasteiger partial charge is 0.291 e. The first-order valence-corrected chi connectivity index (χ1v) is 8.72. The van der Waals surface area contributed by atoms with Crippen molar-refractivity contribution in [1.29, 1.82) is 0 Å². The molecular formula is C21H19FN2O2. The predicted molar refractivity (Wildman–Crippen MR) is 99.9 cm³/mol. The SMILES string of the molecule is O=C(Nc1ccccc1N1CCCC1)c1ccc(-c2ccccc2F)o1. The molecule has 1 aromatic heterocycles. The van der Waals surface area contributed by atoms with Crippen LogP contribution in [0, 0.1) is 5.82 Å². The van der Waals surface area contributed by atoms with Crippen molar-refractivity contribution >= 4 is 17.3 Å². The van der Waals surface area contributed by atoms with Crippen LogP contribution < -0.4 is 10.2 Å². The van der Waals surface area contributed by atoms with Gasteiger partial charge in [-0.25, -0.2) is 4.39 Å². The number of anilines is 2. The lowest BCUT2D eigenvalue weighted by atomic mass is 10.1. The summed E-state index contributed by atoms with van der Waals surface area (Å²) in [6.07, 6.45) is 2.32. The lowest BCUT2D eigenvalue weighted by molar-refractivity contribution is 0.0997. The molecule has 26 heavy (non-hydrogen) atoms. The van der Waals surface area contributed by atoms with Gasteiger partial charge < -0.3 is 14.6 Å². The van der Waals surface area contributed by atoms with Crippen molar-refractivity contribution in [3.8, 4) is 11.3 Å². The third-order valence-electron chi connectivity index (χ3n) is 4.57. The van der Waals surface area contributed by atoms with Gasteiger partial charge >= 0.3 is 0 Å². The molecule has 2 heterocycles. The van der Waals surface area contributed by atoms with E-state index in [0.29, 0.717) is 11.3 Å². The second-order valence-corrected chi connectivity index (χ2v) is 6.31. The van der Waals surface area contributed by atoms with Crippen LogP contribution in [0.5, 0.6) is 0 Å². The van der Waals surface area contributed by atoms with Gasteiger partial charge in [0.25, 0.3) is 5.91 Å². The van der Waals surface area contributed by atoms with Crippen molar-refractivity contribution in [2.75, 3.05) is 23.3 Å². The molecule has 0 aliphatic carbocycles. The van der Waals surface area contributed by atoms with Gasteiger partial charge in [0.05, 0.1) is 16.9 Å². The molecular weight excluding hydrogens is 331 g/mol. The summed E-state index contributed by atoms with van der Waals surface area (Å²) in [5.74, 6) is -0.243. The molecule has 4 rings (SSSR count). The van der Waals surface area contributed by atoms with Gasteiger partial charge in [0, 0.05) is 13.1 Å². The van der Waals surface area contributed by atoms with E-state index in [1.807, 2.05) is 24.3 Å². The van der Waals surface area contributed by atoms with Gasteiger partial charge in [-0.15, -0.1) is 0 Å². The van der Waals surface area contributed by atoms with Gasteiger partial charge in [-0.2, -0.15) is 0 Å². The number of para-hydroxylation sites is 2. The van der Waals surface area contributed by atoms with Crippen LogP contribution in [-0.4, -0.2) is 19.0 Å². The first-order valence-electron chi connectivity index (χ1n) is 8.72. The summed E-state index contributed by atoms with van der Waals surface area (Å²) in [7, 11) is 0. The fraction of sp³-hybridized carbons (Fsp3) is 0.190. The van der Waals surface area contributed by atoms with E-state index in [1.165, 1.54) is 6.07 Å². The second-order valence-electron chi connectivity index (χ2n) is 6.31. The Balaban J connectivity index is 1.56. The summed E-state index contributed by atoms with van der Waals surface area (Å²) in [6.45, 7) is 1.98. The molecule has 4 nitrogen and oxygen atoms in total. The van der Waals surface area contributed by atoms with Gasteiger partial charge in [-0.1, -0.05) is 24.3 Å². The van der Waals surface area contributed by atoms with Crippen LogP contribution in [-0.2, 0) is 0 Å². The first-order chi connectivity index (χ1) is 12.7. The molecule has 1 fully saturated rings. The zero-order valence-electron chi connectivity index (χ0n) is 14.2. The molecule has 2 aromatic carbocycles. The minimum atomic E-state index is -0.381. The van der Waals surface area contributed by atoms with E-state index in [0.717, 1.165) is 37.3 Å².